The zero-order valence-corrected chi connectivity index (χ0v) is 19.8. The Labute approximate surface area is 204 Å². The summed E-state index contributed by atoms with van der Waals surface area (Å²) in [5.41, 5.74) is 2.26. The highest BCUT2D eigenvalue weighted by molar-refractivity contribution is 8.27. The molecule has 1 aliphatic heterocycles. The smallest absolute Gasteiger partial charge is 0.270 e. The van der Waals surface area contributed by atoms with Crippen LogP contribution in [0.3, 0.4) is 0 Å². The normalized spacial score (nSPS) is 15.1. The second kappa shape index (κ2) is 9.63. The highest BCUT2D eigenvalue weighted by atomic mass is 35.5. The molecule has 3 aromatic carbocycles. The Balaban J connectivity index is 1.57. The van der Waals surface area contributed by atoms with Crippen molar-refractivity contribution < 1.29 is 9.53 Å². The molecule has 0 aromatic heterocycles. The van der Waals surface area contributed by atoms with Gasteiger partial charge in [0.2, 0.25) is 0 Å². The molecule has 3 nitrogen and oxygen atoms in total. The van der Waals surface area contributed by atoms with E-state index in [1.54, 1.807) is 42.5 Å². The quantitative estimate of drug-likeness (QED) is 0.263. The molecule has 1 aliphatic rings. The van der Waals surface area contributed by atoms with Gasteiger partial charge >= 0.3 is 0 Å². The SMILES string of the molecule is O=C1/C(=C/c2ccccc2OCc2ccc(Cl)cc2Cl)SC(=S)N1c1ccc(Cl)cc1. The van der Waals surface area contributed by atoms with E-state index >= 15 is 0 Å². The van der Waals surface area contributed by atoms with Crippen molar-refractivity contribution in [3.8, 4) is 5.75 Å². The van der Waals surface area contributed by atoms with Crippen molar-refractivity contribution in [2.45, 2.75) is 6.61 Å². The van der Waals surface area contributed by atoms with Crippen LogP contribution in [0.25, 0.3) is 6.08 Å². The molecule has 31 heavy (non-hydrogen) atoms. The summed E-state index contributed by atoms with van der Waals surface area (Å²) in [6, 6.07) is 19.7. The maximum atomic E-state index is 13.0. The Kier molecular flexibility index (Phi) is 6.89. The molecule has 0 spiro atoms. The van der Waals surface area contributed by atoms with Gasteiger partial charge < -0.3 is 4.74 Å². The van der Waals surface area contributed by atoms with E-state index in [1.165, 1.54) is 16.7 Å². The first-order chi connectivity index (χ1) is 14.9. The Hall–Kier alpha value is -2.02. The van der Waals surface area contributed by atoms with Gasteiger partial charge in [0.25, 0.3) is 5.91 Å². The summed E-state index contributed by atoms with van der Waals surface area (Å²) >= 11 is 24.8. The summed E-state index contributed by atoms with van der Waals surface area (Å²) in [7, 11) is 0. The summed E-state index contributed by atoms with van der Waals surface area (Å²) in [5, 5.41) is 1.70. The predicted octanol–water partition coefficient (Wildman–Crippen LogP) is 7.63. The van der Waals surface area contributed by atoms with E-state index in [2.05, 4.69) is 0 Å². The lowest BCUT2D eigenvalue weighted by Crippen LogP contribution is -2.27. The van der Waals surface area contributed by atoms with Crippen LogP contribution >= 0.6 is 58.8 Å². The van der Waals surface area contributed by atoms with Gasteiger partial charge in [-0.05, 0) is 48.5 Å². The molecular formula is C23H14Cl3NO2S2. The van der Waals surface area contributed by atoms with Crippen LogP contribution in [0.2, 0.25) is 15.1 Å². The molecule has 156 valence electrons. The molecule has 3 aromatic rings. The third kappa shape index (κ3) is 5.08. The maximum absolute atomic E-state index is 13.0. The highest BCUT2D eigenvalue weighted by Gasteiger charge is 2.33. The van der Waals surface area contributed by atoms with Crippen LogP contribution in [0.15, 0.2) is 71.6 Å². The Morgan fingerprint density at radius 1 is 0.968 bits per heavy atom. The largest absolute Gasteiger partial charge is 0.488 e. The van der Waals surface area contributed by atoms with Crippen LogP contribution in [0.5, 0.6) is 5.75 Å². The molecule has 0 atom stereocenters. The van der Waals surface area contributed by atoms with E-state index in [0.29, 0.717) is 35.7 Å². The molecule has 1 fully saturated rings. The van der Waals surface area contributed by atoms with Crippen molar-refractivity contribution in [2.24, 2.45) is 0 Å². The number of hydrogen-bond acceptors (Lipinski definition) is 4. The van der Waals surface area contributed by atoms with Gasteiger partial charge in [0.05, 0.1) is 10.6 Å². The summed E-state index contributed by atoms with van der Waals surface area (Å²) in [5.74, 6) is 0.443. The van der Waals surface area contributed by atoms with Crippen molar-refractivity contribution in [1.29, 1.82) is 0 Å². The van der Waals surface area contributed by atoms with Crippen LogP contribution in [-0.2, 0) is 11.4 Å². The predicted molar refractivity (Wildman–Crippen MR) is 134 cm³/mol. The monoisotopic (exact) mass is 505 g/mol. The lowest BCUT2D eigenvalue weighted by atomic mass is 10.1. The van der Waals surface area contributed by atoms with Gasteiger partial charge in [-0.3, -0.25) is 9.69 Å². The Morgan fingerprint density at radius 3 is 2.42 bits per heavy atom. The van der Waals surface area contributed by atoms with E-state index in [-0.39, 0.29) is 12.5 Å². The van der Waals surface area contributed by atoms with Gasteiger partial charge in [-0.25, -0.2) is 0 Å². The van der Waals surface area contributed by atoms with Crippen LogP contribution < -0.4 is 9.64 Å². The molecule has 0 saturated carbocycles. The number of hydrogen-bond donors (Lipinski definition) is 0. The standard InChI is InChI=1S/C23H14Cl3NO2S2/c24-16-7-9-18(10-8-16)27-22(28)21(31-23(27)30)11-14-3-1-2-4-20(14)29-13-15-5-6-17(25)12-19(15)26/h1-12H,13H2/b21-11-. The van der Waals surface area contributed by atoms with E-state index in [0.717, 1.165) is 11.1 Å². The third-order valence-corrected chi connectivity index (χ3v) is 6.62. The summed E-state index contributed by atoms with van der Waals surface area (Å²) < 4.78 is 6.45. The average Bonchev–Trinajstić information content (AvgIpc) is 3.02. The van der Waals surface area contributed by atoms with Gasteiger partial charge in [0.1, 0.15) is 12.4 Å². The minimum atomic E-state index is -0.187. The van der Waals surface area contributed by atoms with E-state index < -0.39 is 0 Å². The number of benzene rings is 3. The number of carbonyl (C=O) groups is 1. The number of anilines is 1. The third-order valence-electron chi connectivity index (χ3n) is 4.48. The highest BCUT2D eigenvalue weighted by Crippen LogP contribution is 2.37. The van der Waals surface area contributed by atoms with Crippen LogP contribution in [0, 0.1) is 0 Å². The van der Waals surface area contributed by atoms with Gasteiger partial charge in [-0.15, -0.1) is 0 Å². The number of amides is 1. The second-order valence-corrected chi connectivity index (χ2v) is 9.51. The summed E-state index contributed by atoms with van der Waals surface area (Å²) in [4.78, 5) is 15.0. The van der Waals surface area contributed by atoms with Gasteiger partial charge in [-0.1, -0.05) is 83.0 Å². The van der Waals surface area contributed by atoms with Crippen molar-refractivity contribution >= 4 is 80.8 Å². The summed E-state index contributed by atoms with van der Waals surface area (Å²) in [6.07, 6.45) is 1.79. The molecule has 0 aliphatic carbocycles. The maximum Gasteiger partial charge on any atom is 0.270 e. The number of para-hydroxylation sites is 1. The van der Waals surface area contributed by atoms with E-state index in [1.807, 2.05) is 30.3 Å². The second-order valence-electron chi connectivity index (χ2n) is 6.56. The van der Waals surface area contributed by atoms with Gasteiger partial charge in [0.15, 0.2) is 4.32 Å². The van der Waals surface area contributed by atoms with Gasteiger partial charge in [-0.2, -0.15) is 0 Å². The minimum Gasteiger partial charge on any atom is -0.488 e. The average molecular weight is 507 g/mol. The minimum absolute atomic E-state index is 0.187. The van der Waals surface area contributed by atoms with Crippen molar-refractivity contribution in [2.75, 3.05) is 4.90 Å². The molecule has 0 unspecified atom stereocenters. The molecule has 1 saturated heterocycles. The molecule has 0 bridgehead atoms. The first kappa shape index (κ1) is 22.2. The molecule has 0 N–H and O–H groups in total. The Morgan fingerprint density at radius 2 is 1.68 bits per heavy atom. The lowest BCUT2D eigenvalue weighted by Gasteiger charge is -2.14. The molecule has 4 rings (SSSR count). The lowest BCUT2D eigenvalue weighted by molar-refractivity contribution is -0.113. The number of rotatable bonds is 5. The number of nitrogens with zero attached hydrogens (tertiary/aromatic N) is 1. The Bertz CT molecular complexity index is 1200. The van der Waals surface area contributed by atoms with E-state index in [4.69, 9.17) is 51.8 Å². The van der Waals surface area contributed by atoms with Crippen molar-refractivity contribution in [3.63, 3.8) is 0 Å². The summed E-state index contributed by atoms with van der Waals surface area (Å²) in [6.45, 7) is 0.270. The van der Waals surface area contributed by atoms with Crippen molar-refractivity contribution in [1.82, 2.24) is 0 Å². The number of halogens is 3. The molecule has 1 amide bonds. The molecule has 8 heteroatoms. The molecule has 1 heterocycles. The molecular weight excluding hydrogens is 493 g/mol. The topological polar surface area (TPSA) is 29.5 Å². The van der Waals surface area contributed by atoms with E-state index in [9.17, 15) is 4.79 Å². The zero-order valence-electron chi connectivity index (χ0n) is 15.8. The van der Waals surface area contributed by atoms with Crippen molar-refractivity contribution in [3.05, 3.63) is 97.8 Å². The zero-order chi connectivity index (χ0) is 22.0. The number of thiocarbonyl (C=S) groups is 1. The van der Waals surface area contributed by atoms with Crippen LogP contribution in [-0.4, -0.2) is 10.2 Å². The molecule has 0 radical (unpaired) electrons. The van der Waals surface area contributed by atoms with Gasteiger partial charge in [0, 0.05) is 26.2 Å². The number of thioether (sulfide) groups is 1. The number of ether oxygens (including phenoxy) is 1. The fourth-order valence-electron chi connectivity index (χ4n) is 2.95. The first-order valence-electron chi connectivity index (χ1n) is 9.11. The van der Waals surface area contributed by atoms with Crippen LogP contribution in [0.4, 0.5) is 5.69 Å². The number of carbonyl (C=O) groups excluding carboxylic acids is 1. The first-order valence-corrected chi connectivity index (χ1v) is 11.5. The fourth-order valence-corrected chi connectivity index (χ4v) is 4.83. The van der Waals surface area contributed by atoms with Crippen LogP contribution in [0.1, 0.15) is 11.1 Å². The fraction of sp³-hybridized carbons (Fsp3) is 0.0435.